The minimum atomic E-state index is -3.69. The van der Waals surface area contributed by atoms with Crippen LogP contribution in [0.5, 0.6) is 0 Å². The molecule has 19 heavy (non-hydrogen) atoms. The van der Waals surface area contributed by atoms with E-state index < -0.39 is 21.1 Å². The highest BCUT2D eigenvalue weighted by atomic mass is 32.2. The van der Waals surface area contributed by atoms with Crippen LogP contribution in [0.3, 0.4) is 0 Å². The minimum Gasteiger partial charge on any atom is -0.465 e. The zero-order valence-corrected chi connectivity index (χ0v) is 12.6. The van der Waals surface area contributed by atoms with Crippen molar-refractivity contribution in [1.82, 2.24) is 0 Å². The fraction of sp³-hybridized carbons (Fsp3) is 0.500. The number of esters is 1. The average Bonchev–Trinajstić information content (AvgIpc) is 2.33. The molecule has 5 heteroatoms. The Kier molecular flexibility index (Phi) is 5.11. The predicted molar refractivity (Wildman–Crippen MR) is 73.8 cm³/mol. The molecule has 1 aromatic rings. The number of carbonyl (C=O) groups excluding carboxylic acids is 1. The monoisotopic (exact) mass is 284 g/mol. The molecule has 0 aliphatic heterocycles. The van der Waals surface area contributed by atoms with Gasteiger partial charge in [0, 0.05) is 0 Å². The van der Waals surface area contributed by atoms with E-state index in [1.165, 1.54) is 0 Å². The molecule has 1 atom stereocenters. The smallest absolute Gasteiger partial charge is 0.324 e. The molecular weight excluding hydrogens is 264 g/mol. The summed E-state index contributed by atoms with van der Waals surface area (Å²) in [7, 11) is -3.69. The maximum atomic E-state index is 12.4. The summed E-state index contributed by atoms with van der Waals surface area (Å²) in [6, 6.07) is 4.90. The van der Waals surface area contributed by atoms with Crippen molar-refractivity contribution in [2.45, 2.75) is 44.3 Å². The fourth-order valence-corrected chi connectivity index (χ4v) is 3.49. The Balaban J connectivity index is 3.20. The lowest BCUT2D eigenvalue weighted by Gasteiger charge is -2.15. The Labute approximate surface area is 114 Å². The van der Waals surface area contributed by atoms with Gasteiger partial charge in [-0.3, -0.25) is 4.79 Å². The van der Waals surface area contributed by atoms with Crippen LogP contribution < -0.4 is 0 Å². The summed E-state index contributed by atoms with van der Waals surface area (Å²) in [5.41, 5.74) is 1.91. The first kappa shape index (κ1) is 15.7. The van der Waals surface area contributed by atoms with Crippen molar-refractivity contribution in [3.05, 3.63) is 29.3 Å². The zero-order chi connectivity index (χ0) is 14.6. The summed E-state index contributed by atoms with van der Waals surface area (Å²) >= 11 is 0. The van der Waals surface area contributed by atoms with E-state index >= 15 is 0 Å². The normalized spacial score (nSPS) is 13.1. The molecule has 0 aliphatic carbocycles. The van der Waals surface area contributed by atoms with Crippen molar-refractivity contribution in [1.29, 1.82) is 0 Å². The molecule has 0 aliphatic rings. The summed E-state index contributed by atoms with van der Waals surface area (Å²) in [6.45, 7) is 7.26. The van der Waals surface area contributed by atoms with Crippen LogP contribution in [0.15, 0.2) is 23.1 Å². The molecule has 0 bridgehead atoms. The summed E-state index contributed by atoms with van der Waals surface area (Å²) in [4.78, 5) is 11.9. The van der Waals surface area contributed by atoms with Crippen LogP contribution >= 0.6 is 0 Å². The molecule has 1 aromatic carbocycles. The number of sulfone groups is 1. The van der Waals surface area contributed by atoms with Crippen LogP contribution in [-0.2, 0) is 19.4 Å². The number of hydrogen-bond donors (Lipinski definition) is 0. The van der Waals surface area contributed by atoms with Crippen molar-refractivity contribution in [3.63, 3.8) is 0 Å². The van der Waals surface area contributed by atoms with E-state index in [1.807, 2.05) is 13.8 Å². The zero-order valence-electron chi connectivity index (χ0n) is 11.8. The minimum absolute atomic E-state index is 0.176. The first-order chi connectivity index (χ1) is 8.84. The van der Waals surface area contributed by atoms with E-state index in [9.17, 15) is 13.2 Å². The van der Waals surface area contributed by atoms with Crippen LogP contribution in [-0.4, -0.2) is 26.2 Å². The van der Waals surface area contributed by atoms with Gasteiger partial charge in [-0.05, 0) is 50.5 Å². The third-order valence-electron chi connectivity index (χ3n) is 3.10. The largest absolute Gasteiger partial charge is 0.465 e. The first-order valence-electron chi connectivity index (χ1n) is 6.32. The maximum absolute atomic E-state index is 12.4. The molecule has 0 radical (unpaired) electrons. The molecule has 0 fully saturated rings. The van der Waals surface area contributed by atoms with Gasteiger partial charge in [-0.1, -0.05) is 13.0 Å². The third kappa shape index (κ3) is 3.35. The van der Waals surface area contributed by atoms with Crippen molar-refractivity contribution < 1.29 is 17.9 Å². The highest BCUT2D eigenvalue weighted by Crippen LogP contribution is 2.22. The molecule has 0 saturated heterocycles. The Morgan fingerprint density at radius 3 is 2.32 bits per heavy atom. The van der Waals surface area contributed by atoms with Gasteiger partial charge in [-0.25, -0.2) is 8.42 Å². The molecule has 0 saturated carbocycles. The number of aryl methyl sites for hydroxylation is 2. The molecule has 1 unspecified atom stereocenters. The van der Waals surface area contributed by atoms with Crippen molar-refractivity contribution in [2.24, 2.45) is 0 Å². The highest BCUT2D eigenvalue weighted by Gasteiger charge is 2.33. The lowest BCUT2D eigenvalue weighted by molar-refractivity contribution is -0.142. The van der Waals surface area contributed by atoms with Crippen molar-refractivity contribution in [2.75, 3.05) is 6.61 Å². The van der Waals surface area contributed by atoms with Gasteiger partial charge in [-0.2, -0.15) is 0 Å². The van der Waals surface area contributed by atoms with Crippen LogP contribution in [0, 0.1) is 13.8 Å². The molecule has 1 rings (SSSR count). The van der Waals surface area contributed by atoms with Crippen LogP contribution in [0.1, 0.15) is 31.4 Å². The molecule has 0 N–H and O–H groups in total. The van der Waals surface area contributed by atoms with E-state index in [1.54, 1.807) is 32.0 Å². The number of benzene rings is 1. The van der Waals surface area contributed by atoms with Gasteiger partial charge in [0.05, 0.1) is 11.5 Å². The van der Waals surface area contributed by atoms with Crippen LogP contribution in [0.25, 0.3) is 0 Å². The summed E-state index contributed by atoms with van der Waals surface area (Å²) < 4.78 is 29.7. The quantitative estimate of drug-likeness (QED) is 0.779. The van der Waals surface area contributed by atoms with Gasteiger partial charge in [-0.15, -0.1) is 0 Å². The SMILES string of the molecule is CCOC(=O)C(CC)S(=O)(=O)c1ccc(C)c(C)c1. The van der Waals surface area contributed by atoms with Crippen LogP contribution in [0.2, 0.25) is 0 Å². The third-order valence-corrected chi connectivity index (χ3v) is 5.29. The second-order valence-electron chi connectivity index (χ2n) is 4.44. The van der Waals surface area contributed by atoms with Crippen LogP contribution in [0.4, 0.5) is 0 Å². The molecule has 0 spiro atoms. The second kappa shape index (κ2) is 6.19. The fourth-order valence-electron chi connectivity index (χ4n) is 1.80. The van der Waals surface area contributed by atoms with Gasteiger partial charge in [0.2, 0.25) is 0 Å². The maximum Gasteiger partial charge on any atom is 0.324 e. The molecule has 0 amide bonds. The number of rotatable bonds is 5. The molecule has 0 heterocycles. The topological polar surface area (TPSA) is 60.4 Å². The van der Waals surface area contributed by atoms with E-state index in [2.05, 4.69) is 0 Å². The molecule has 0 aromatic heterocycles. The molecule has 4 nitrogen and oxygen atoms in total. The Morgan fingerprint density at radius 1 is 1.21 bits per heavy atom. The van der Waals surface area contributed by atoms with Gasteiger partial charge < -0.3 is 4.74 Å². The lowest BCUT2D eigenvalue weighted by Crippen LogP contribution is -2.31. The van der Waals surface area contributed by atoms with E-state index in [-0.39, 0.29) is 17.9 Å². The highest BCUT2D eigenvalue weighted by molar-refractivity contribution is 7.92. The summed E-state index contributed by atoms with van der Waals surface area (Å²) in [5.74, 6) is -0.678. The summed E-state index contributed by atoms with van der Waals surface area (Å²) in [6.07, 6.45) is 0.202. The molecule has 106 valence electrons. The van der Waals surface area contributed by atoms with Crippen molar-refractivity contribution in [3.8, 4) is 0 Å². The van der Waals surface area contributed by atoms with Gasteiger partial charge in [0.25, 0.3) is 0 Å². The Morgan fingerprint density at radius 2 is 1.84 bits per heavy atom. The first-order valence-corrected chi connectivity index (χ1v) is 7.87. The predicted octanol–water partition coefficient (Wildman–Crippen LogP) is 2.42. The number of hydrogen-bond acceptors (Lipinski definition) is 4. The van der Waals surface area contributed by atoms with Gasteiger partial charge in [0.15, 0.2) is 15.1 Å². The number of carbonyl (C=O) groups is 1. The summed E-state index contributed by atoms with van der Waals surface area (Å²) in [5, 5.41) is -1.13. The Bertz CT molecular complexity index is 561. The number of ether oxygens (including phenoxy) is 1. The second-order valence-corrected chi connectivity index (χ2v) is 6.57. The van der Waals surface area contributed by atoms with E-state index in [0.717, 1.165) is 11.1 Å². The lowest BCUT2D eigenvalue weighted by atomic mass is 10.1. The van der Waals surface area contributed by atoms with E-state index in [4.69, 9.17) is 4.74 Å². The van der Waals surface area contributed by atoms with Crippen molar-refractivity contribution >= 4 is 15.8 Å². The molecular formula is C14H20O4S. The average molecular weight is 284 g/mol. The van der Waals surface area contributed by atoms with Gasteiger partial charge >= 0.3 is 5.97 Å². The standard InChI is InChI=1S/C14H20O4S/c1-5-13(14(15)18-6-2)19(16,17)12-8-7-10(3)11(4)9-12/h7-9,13H,5-6H2,1-4H3. The Hall–Kier alpha value is -1.36. The van der Waals surface area contributed by atoms with E-state index in [0.29, 0.717) is 0 Å². The van der Waals surface area contributed by atoms with Gasteiger partial charge in [0.1, 0.15) is 0 Å².